The lowest BCUT2D eigenvalue weighted by Gasteiger charge is -2.35. The third-order valence-corrected chi connectivity index (χ3v) is 6.40. The van der Waals surface area contributed by atoms with Crippen molar-refractivity contribution in [3.63, 3.8) is 0 Å². The van der Waals surface area contributed by atoms with Gasteiger partial charge in [-0.3, -0.25) is 4.79 Å². The first-order chi connectivity index (χ1) is 12.4. The zero-order chi connectivity index (χ0) is 18.7. The summed E-state index contributed by atoms with van der Waals surface area (Å²) in [5.74, 6) is 0.584. The van der Waals surface area contributed by atoms with E-state index in [9.17, 15) is 13.2 Å². The summed E-state index contributed by atoms with van der Waals surface area (Å²) in [6, 6.07) is 6.99. The second kappa shape index (κ2) is 9.03. The molecule has 1 atom stereocenters. The second-order valence-electron chi connectivity index (χ2n) is 6.88. The number of rotatable bonds is 5. The van der Waals surface area contributed by atoms with Gasteiger partial charge in [0, 0.05) is 44.7 Å². The van der Waals surface area contributed by atoms with Crippen molar-refractivity contribution in [2.24, 2.45) is 10.1 Å². The number of hydrogen-bond donors (Lipinski definition) is 1. The molecule has 2 heterocycles. The van der Waals surface area contributed by atoms with E-state index in [0.29, 0.717) is 37.3 Å². The predicted molar refractivity (Wildman–Crippen MR) is 108 cm³/mol. The van der Waals surface area contributed by atoms with E-state index in [1.807, 2.05) is 16.8 Å². The van der Waals surface area contributed by atoms with Gasteiger partial charge >= 0.3 is 0 Å². The SMILES string of the molecule is CN(CCCC(=O)N1CCCCC1CN)C1=NS(=O)(=O)c2ccccc21.Cl. The Morgan fingerprint density at radius 3 is 2.81 bits per heavy atom. The van der Waals surface area contributed by atoms with Crippen LogP contribution in [0.4, 0.5) is 0 Å². The minimum absolute atomic E-state index is 0. The number of carbonyl (C=O) groups excluding carboxylic acids is 1. The lowest BCUT2D eigenvalue weighted by atomic mass is 10.0. The van der Waals surface area contributed by atoms with Crippen LogP contribution >= 0.6 is 12.4 Å². The highest BCUT2D eigenvalue weighted by atomic mass is 35.5. The van der Waals surface area contributed by atoms with Gasteiger partial charge in [0.1, 0.15) is 10.7 Å². The van der Waals surface area contributed by atoms with Gasteiger partial charge in [0.05, 0.1) is 0 Å². The molecule has 2 aliphatic rings. The summed E-state index contributed by atoms with van der Waals surface area (Å²) in [5.41, 5.74) is 6.41. The molecule has 1 unspecified atom stereocenters. The van der Waals surface area contributed by atoms with Crippen molar-refractivity contribution in [2.75, 3.05) is 26.7 Å². The van der Waals surface area contributed by atoms with Crippen molar-refractivity contribution in [2.45, 2.75) is 43.0 Å². The molecular formula is C18H27ClN4O3S. The number of piperidine rings is 1. The van der Waals surface area contributed by atoms with Gasteiger partial charge < -0.3 is 15.5 Å². The van der Waals surface area contributed by atoms with Crippen molar-refractivity contribution in [3.8, 4) is 0 Å². The Morgan fingerprint density at radius 1 is 1.33 bits per heavy atom. The minimum atomic E-state index is -3.61. The molecule has 1 aromatic carbocycles. The van der Waals surface area contributed by atoms with E-state index in [-0.39, 0.29) is 29.3 Å². The molecule has 0 spiro atoms. The number of nitrogens with two attached hydrogens (primary N) is 1. The summed E-state index contributed by atoms with van der Waals surface area (Å²) in [4.78, 5) is 16.5. The van der Waals surface area contributed by atoms with Crippen molar-refractivity contribution < 1.29 is 13.2 Å². The van der Waals surface area contributed by atoms with Crippen molar-refractivity contribution in [1.82, 2.24) is 9.80 Å². The first-order valence-electron chi connectivity index (χ1n) is 9.09. The highest BCUT2D eigenvalue weighted by Crippen LogP contribution is 2.27. The number of benzene rings is 1. The Kier molecular flexibility index (Phi) is 7.25. The van der Waals surface area contributed by atoms with Crippen LogP contribution in [0.3, 0.4) is 0 Å². The molecule has 1 amide bonds. The van der Waals surface area contributed by atoms with Crippen LogP contribution in [0.25, 0.3) is 0 Å². The van der Waals surface area contributed by atoms with Gasteiger partial charge in [0.15, 0.2) is 0 Å². The molecule has 2 aliphatic heterocycles. The van der Waals surface area contributed by atoms with Gasteiger partial charge in [-0.1, -0.05) is 12.1 Å². The number of carbonyl (C=O) groups is 1. The molecule has 0 aliphatic carbocycles. The van der Waals surface area contributed by atoms with Gasteiger partial charge in [-0.15, -0.1) is 16.8 Å². The molecule has 0 radical (unpaired) electrons. The highest BCUT2D eigenvalue weighted by Gasteiger charge is 2.30. The Balaban J connectivity index is 0.00000261. The van der Waals surface area contributed by atoms with Crippen LogP contribution in [-0.4, -0.2) is 62.7 Å². The fourth-order valence-corrected chi connectivity index (χ4v) is 4.91. The smallest absolute Gasteiger partial charge is 0.285 e. The largest absolute Gasteiger partial charge is 0.358 e. The summed E-state index contributed by atoms with van der Waals surface area (Å²) in [6.45, 7) is 1.86. The summed E-state index contributed by atoms with van der Waals surface area (Å²) in [5, 5.41) is 0. The fourth-order valence-electron chi connectivity index (χ4n) is 3.65. The summed E-state index contributed by atoms with van der Waals surface area (Å²) >= 11 is 0. The lowest BCUT2D eigenvalue weighted by molar-refractivity contribution is -0.134. The van der Waals surface area contributed by atoms with Crippen LogP contribution in [0.5, 0.6) is 0 Å². The molecule has 2 N–H and O–H groups in total. The second-order valence-corrected chi connectivity index (χ2v) is 8.46. The molecule has 0 bridgehead atoms. The van der Waals surface area contributed by atoms with Crippen molar-refractivity contribution in [1.29, 1.82) is 0 Å². The van der Waals surface area contributed by atoms with Gasteiger partial charge in [0.25, 0.3) is 10.0 Å². The number of sulfonamides is 1. The number of hydrogen-bond acceptors (Lipinski definition) is 5. The monoisotopic (exact) mass is 414 g/mol. The van der Waals surface area contributed by atoms with E-state index in [1.54, 1.807) is 24.3 Å². The van der Waals surface area contributed by atoms with E-state index in [0.717, 1.165) is 25.8 Å². The molecule has 3 rings (SSSR count). The molecule has 150 valence electrons. The number of likely N-dealkylation sites (tertiary alicyclic amines) is 1. The molecule has 7 nitrogen and oxygen atoms in total. The Bertz CT molecular complexity index is 813. The number of halogens is 1. The standard InChI is InChI=1S/C18H26N4O3S.ClH/c1-21(18-15-8-2-3-9-16(15)26(24,25)20-18)11-6-10-17(23)22-12-5-4-7-14(22)13-19;/h2-3,8-9,14H,4-7,10-13,19H2,1H3;1H. The van der Waals surface area contributed by atoms with E-state index in [1.165, 1.54) is 0 Å². The minimum Gasteiger partial charge on any atom is -0.358 e. The number of nitrogens with zero attached hydrogens (tertiary/aromatic N) is 3. The van der Waals surface area contributed by atoms with Gasteiger partial charge in [-0.05, 0) is 37.8 Å². The number of fused-ring (bicyclic) bond motifs is 1. The van der Waals surface area contributed by atoms with E-state index in [2.05, 4.69) is 4.40 Å². The van der Waals surface area contributed by atoms with Crippen LogP contribution in [0.15, 0.2) is 33.6 Å². The Morgan fingerprint density at radius 2 is 2.07 bits per heavy atom. The summed E-state index contributed by atoms with van der Waals surface area (Å²) in [6.07, 6.45) is 4.22. The molecule has 1 saturated heterocycles. The number of amides is 1. The average Bonchev–Trinajstić information content (AvgIpc) is 2.93. The maximum Gasteiger partial charge on any atom is 0.285 e. The van der Waals surface area contributed by atoms with Crippen LogP contribution in [0.2, 0.25) is 0 Å². The molecular weight excluding hydrogens is 388 g/mol. The summed E-state index contributed by atoms with van der Waals surface area (Å²) in [7, 11) is -1.80. The predicted octanol–water partition coefficient (Wildman–Crippen LogP) is 1.61. The molecule has 27 heavy (non-hydrogen) atoms. The lowest BCUT2D eigenvalue weighted by Crippen LogP contribution is -2.47. The average molecular weight is 415 g/mol. The molecule has 1 fully saturated rings. The van der Waals surface area contributed by atoms with Gasteiger partial charge in [0.2, 0.25) is 5.91 Å². The highest BCUT2D eigenvalue weighted by molar-refractivity contribution is 7.90. The molecule has 0 aromatic heterocycles. The van der Waals surface area contributed by atoms with E-state index >= 15 is 0 Å². The molecule has 9 heteroatoms. The van der Waals surface area contributed by atoms with Gasteiger partial charge in [-0.25, -0.2) is 0 Å². The van der Waals surface area contributed by atoms with Crippen LogP contribution in [-0.2, 0) is 14.8 Å². The Labute approximate surface area is 167 Å². The first kappa shape index (κ1) is 21.7. The van der Waals surface area contributed by atoms with Crippen LogP contribution < -0.4 is 5.73 Å². The maximum atomic E-state index is 12.5. The summed E-state index contributed by atoms with van der Waals surface area (Å²) < 4.78 is 28.2. The number of amidine groups is 1. The normalized spacial score (nSPS) is 20.4. The topological polar surface area (TPSA) is 96.1 Å². The van der Waals surface area contributed by atoms with E-state index in [4.69, 9.17) is 5.73 Å². The van der Waals surface area contributed by atoms with Crippen molar-refractivity contribution in [3.05, 3.63) is 29.8 Å². The zero-order valence-electron chi connectivity index (χ0n) is 15.5. The van der Waals surface area contributed by atoms with Crippen molar-refractivity contribution >= 4 is 34.2 Å². The maximum absolute atomic E-state index is 12.5. The zero-order valence-corrected chi connectivity index (χ0v) is 17.1. The molecule has 0 saturated carbocycles. The third-order valence-electron chi connectivity index (χ3n) is 5.08. The Hall–Kier alpha value is -1.64. The van der Waals surface area contributed by atoms with Gasteiger partial charge in [-0.2, -0.15) is 8.42 Å². The first-order valence-corrected chi connectivity index (χ1v) is 10.5. The van der Waals surface area contributed by atoms with Crippen LogP contribution in [0.1, 0.15) is 37.7 Å². The molecule has 1 aromatic rings. The quantitative estimate of drug-likeness (QED) is 0.789. The van der Waals surface area contributed by atoms with E-state index < -0.39 is 10.0 Å². The third kappa shape index (κ3) is 4.62. The van der Waals surface area contributed by atoms with Crippen LogP contribution in [0, 0.1) is 0 Å². The fraction of sp³-hybridized carbons (Fsp3) is 0.556.